The summed E-state index contributed by atoms with van der Waals surface area (Å²) in [6.07, 6.45) is 9.69. The molecule has 7 nitrogen and oxygen atoms in total. The van der Waals surface area contributed by atoms with Crippen molar-refractivity contribution < 1.29 is 18.0 Å². The molecule has 1 N–H and O–H groups in total. The molecule has 2 amide bonds. The molecule has 2 aromatic rings. The maximum absolute atomic E-state index is 13.9. The quantitative estimate of drug-likeness (QED) is 0.320. The number of halogens is 1. The zero-order chi connectivity index (χ0) is 30.2. The third-order valence-electron chi connectivity index (χ3n) is 9.92. The lowest BCUT2D eigenvalue weighted by Crippen LogP contribution is -2.52. The van der Waals surface area contributed by atoms with Crippen LogP contribution in [0.3, 0.4) is 0 Å². The molecule has 0 aliphatic heterocycles. The number of hydrogen-bond donors (Lipinski definition) is 1. The van der Waals surface area contributed by atoms with Crippen LogP contribution in [0.4, 0.5) is 5.69 Å². The third-order valence-corrected chi connectivity index (χ3v) is 11.6. The van der Waals surface area contributed by atoms with E-state index < -0.39 is 22.0 Å². The zero-order valence-corrected chi connectivity index (χ0v) is 27.6. The highest BCUT2D eigenvalue weighted by Gasteiger charge is 2.51. The molecule has 6 rings (SSSR count). The van der Waals surface area contributed by atoms with Crippen molar-refractivity contribution in [3.63, 3.8) is 0 Å². The second-order valence-electron chi connectivity index (χ2n) is 13.2. The number of anilines is 1. The summed E-state index contributed by atoms with van der Waals surface area (Å²) >= 11 is 3.44. The van der Waals surface area contributed by atoms with Crippen molar-refractivity contribution in [1.82, 2.24) is 10.2 Å². The monoisotopic (exact) mass is 657 g/mol. The number of rotatable bonds is 11. The van der Waals surface area contributed by atoms with Crippen LogP contribution < -0.4 is 9.62 Å². The molecule has 0 heterocycles. The van der Waals surface area contributed by atoms with E-state index in [4.69, 9.17) is 0 Å². The number of carbonyl (C=O) groups is 2. The molecule has 42 heavy (non-hydrogen) atoms. The normalized spacial score (nSPS) is 26.0. The van der Waals surface area contributed by atoms with E-state index in [2.05, 4.69) is 33.4 Å². The minimum atomic E-state index is -3.77. The molecule has 0 spiro atoms. The van der Waals surface area contributed by atoms with Gasteiger partial charge in [0.15, 0.2) is 0 Å². The molecule has 228 valence electrons. The molecular weight excluding hydrogens is 614 g/mol. The van der Waals surface area contributed by atoms with E-state index in [1.54, 1.807) is 6.92 Å². The summed E-state index contributed by atoms with van der Waals surface area (Å²) < 4.78 is 28.2. The molecule has 0 aromatic heterocycles. The Bertz CT molecular complexity index is 1360. The Balaban J connectivity index is 1.38. The van der Waals surface area contributed by atoms with Gasteiger partial charge in [-0.3, -0.25) is 13.9 Å². The molecule has 4 bridgehead atoms. The highest BCUT2D eigenvalue weighted by molar-refractivity contribution is 9.10. The van der Waals surface area contributed by atoms with Crippen molar-refractivity contribution in [2.75, 3.05) is 17.1 Å². The van der Waals surface area contributed by atoms with Gasteiger partial charge in [0.1, 0.15) is 12.6 Å². The number of benzene rings is 2. The van der Waals surface area contributed by atoms with Gasteiger partial charge in [-0.2, -0.15) is 0 Å². The van der Waals surface area contributed by atoms with Gasteiger partial charge in [-0.1, -0.05) is 47.1 Å². The second kappa shape index (κ2) is 12.3. The Hall–Kier alpha value is -2.39. The highest BCUT2D eigenvalue weighted by atomic mass is 79.9. The van der Waals surface area contributed by atoms with Gasteiger partial charge in [0.2, 0.25) is 21.8 Å². The number of nitrogens with zero attached hydrogens (tertiary/aromatic N) is 2. The van der Waals surface area contributed by atoms with Crippen molar-refractivity contribution in [2.24, 2.45) is 17.8 Å². The molecule has 0 unspecified atom stereocenters. The van der Waals surface area contributed by atoms with Gasteiger partial charge in [-0.05, 0) is 117 Å². The Morgan fingerprint density at radius 2 is 1.50 bits per heavy atom. The maximum atomic E-state index is 13.9. The number of sulfonamides is 1. The first kappa shape index (κ1) is 31.0. The molecule has 2 atom stereocenters. The van der Waals surface area contributed by atoms with E-state index in [0.29, 0.717) is 5.69 Å². The van der Waals surface area contributed by atoms with E-state index in [9.17, 15) is 18.0 Å². The summed E-state index contributed by atoms with van der Waals surface area (Å²) in [5, 5.41) is 2.96. The number of amides is 2. The van der Waals surface area contributed by atoms with Crippen molar-refractivity contribution >= 4 is 43.5 Å². The fourth-order valence-electron chi connectivity index (χ4n) is 7.89. The van der Waals surface area contributed by atoms with Crippen molar-refractivity contribution in [1.29, 1.82) is 0 Å². The Morgan fingerprint density at radius 1 is 0.952 bits per heavy atom. The summed E-state index contributed by atoms with van der Waals surface area (Å²) in [5.41, 5.74) is 2.83. The molecule has 4 aliphatic carbocycles. The smallest absolute Gasteiger partial charge is 0.244 e. The number of nitrogens with one attached hydrogen (secondary N) is 1. The minimum absolute atomic E-state index is 0.0374. The van der Waals surface area contributed by atoms with Crippen molar-refractivity contribution in [2.45, 2.75) is 89.8 Å². The SMILES string of the molecule is CC[C@H](C)NC(=O)[C@@H](C)N(Cc1ccc(Br)cc1)C(=O)CN(c1ccc(C23CC4CC(CC(C4)C2)C3)cc1)S(C)(=O)=O. The van der Waals surface area contributed by atoms with E-state index in [1.807, 2.05) is 50.2 Å². The third kappa shape index (κ3) is 6.72. The standard InChI is InChI=1S/C33H44BrN3O4S/c1-5-22(2)35-32(39)23(3)36(20-24-6-10-29(34)11-7-24)31(38)21-37(42(4,40)41)30-12-8-28(9-13-30)33-17-25-14-26(18-33)16-27(15-25)19-33/h6-13,22-23,25-27H,5,14-21H2,1-4H3,(H,35,39)/t22-,23+,25?,26?,27?,33?/m0/s1. The summed E-state index contributed by atoms with van der Waals surface area (Å²) in [5.74, 6) is 1.76. The predicted octanol–water partition coefficient (Wildman–Crippen LogP) is 6.01. The summed E-state index contributed by atoms with van der Waals surface area (Å²) in [6.45, 7) is 5.40. The van der Waals surface area contributed by atoms with Crippen molar-refractivity contribution in [3.8, 4) is 0 Å². The molecule has 4 aliphatic rings. The average Bonchev–Trinajstić information content (AvgIpc) is 2.93. The molecular formula is C33H44BrN3O4S. The van der Waals surface area contributed by atoms with Crippen LogP contribution in [0.5, 0.6) is 0 Å². The van der Waals surface area contributed by atoms with Crippen LogP contribution >= 0.6 is 15.9 Å². The average molecular weight is 659 g/mol. The van der Waals surface area contributed by atoms with Gasteiger partial charge >= 0.3 is 0 Å². The molecule has 4 fully saturated rings. The van der Waals surface area contributed by atoms with Crippen LogP contribution in [-0.2, 0) is 31.6 Å². The minimum Gasteiger partial charge on any atom is -0.352 e. The highest BCUT2D eigenvalue weighted by Crippen LogP contribution is 2.60. The van der Waals surface area contributed by atoms with Gasteiger partial charge in [0.05, 0.1) is 11.9 Å². The first-order valence-corrected chi connectivity index (χ1v) is 17.9. The topological polar surface area (TPSA) is 86.8 Å². The predicted molar refractivity (Wildman–Crippen MR) is 171 cm³/mol. The number of hydrogen-bond acceptors (Lipinski definition) is 4. The fraction of sp³-hybridized carbons (Fsp3) is 0.576. The van der Waals surface area contributed by atoms with Crippen LogP contribution in [0.15, 0.2) is 53.0 Å². The first-order chi connectivity index (χ1) is 19.9. The molecule has 0 radical (unpaired) electrons. The van der Waals surface area contributed by atoms with Crippen LogP contribution in [0.2, 0.25) is 0 Å². The van der Waals surface area contributed by atoms with Crippen LogP contribution in [-0.4, -0.2) is 50.0 Å². The molecule has 4 saturated carbocycles. The summed E-state index contributed by atoms with van der Waals surface area (Å²) in [6, 6.07) is 14.6. The van der Waals surface area contributed by atoms with Gasteiger partial charge in [-0.25, -0.2) is 8.42 Å². The van der Waals surface area contributed by atoms with E-state index in [-0.39, 0.29) is 30.5 Å². The molecule has 2 aromatic carbocycles. The molecule has 9 heteroatoms. The lowest BCUT2D eigenvalue weighted by atomic mass is 9.48. The Labute approximate surface area is 259 Å². The van der Waals surface area contributed by atoms with Crippen LogP contribution in [0.1, 0.15) is 76.8 Å². The largest absolute Gasteiger partial charge is 0.352 e. The molecule has 0 saturated heterocycles. The van der Waals surface area contributed by atoms with Gasteiger partial charge in [-0.15, -0.1) is 0 Å². The summed E-state index contributed by atoms with van der Waals surface area (Å²) in [7, 11) is -3.77. The van der Waals surface area contributed by atoms with Gasteiger partial charge < -0.3 is 10.2 Å². The van der Waals surface area contributed by atoms with E-state index in [1.165, 1.54) is 53.3 Å². The first-order valence-electron chi connectivity index (χ1n) is 15.3. The maximum Gasteiger partial charge on any atom is 0.244 e. The number of carbonyl (C=O) groups excluding carboxylic acids is 2. The summed E-state index contributed by atoms with van der Waals surface area (Å²) in [4.78, 5) is 28.5. The van der Waals surface area contributed by atoms with Crippen molar-refractivity contribution in [3.05, 3.63) is 64.1 Å². The van der Waals surface area contributed by atoms with Gasteiger partial charge in [0.25, 0.3) is 0 Å². The Kier molecular flexibility index (Phi) is 9.10. The lowest BCUT2D eigenvalue weighted by Gasteiger charge is -2.57. The second-order valence-corrected chi connectivity index (χ2v) is 16.0. The van der Waals surface area contributed by atoms with E-state index >= 15 is 0 Å². The lowest BCUT2D eigenvalue weighted by molar-refractivity contribution is -0.139. The van der Waals surface area contributed by atoms with Crippen LogP contribution in [0, 0.1) is 17.8 Å². The van der Waals surface area contributed by atoms with Crippen LogP contribution in [0.25, 0.3) is 0 Å². The Morgan fingerprint density at radius 3 is 2.00 bits per heavy atom. The van der Waals surface area contributed by atoms with Gasteiger partial charge in [0, 0.05) is 17.1 Å². The fourth-order valence-corrected chi connectivity index (χ4v) is 9.01. The zero-order valence-electron chi connectivity index (χ0n) is 25.2. The van der Waals surface area contributed by atoms with E-state index in [0.717, 1.165) is 40.5 Å².